The maximum absolute atomic E-state index is 13.7. The van der Waals surface area contributed by atoms with Crippen molar-refractivity contribution in [2.75, 3.05) is 20.8 Å². The van der Waals surface area contributed by atoms with Crippen LogP contribution in [0, 0.1) is 5.92 Å². The number of hydrogen-bond donors (Lipinski definition) is 3. The topological polar surface area (TPSA) is 89.1 Å². The van der Waals surface area contributed by atoms with Crippen molar-refractivity contribution in [3.63, 3.8) is 0 Å². The molecule has 3 N–H and O–H groups in total. The van der Waals surface area contributed by atoms with E-state index in [0.29, 0.717) is 5.75 Å². The highest BCUT2D eigenvalue weighted by molar-refractivity contribution is 7.80. The molecule has 0 unspecified atom stereocenters. The Labute approximate surface area is 158 Å². The van der Waals surface area contributed by atoms with Crippen LogP contribution in [-0.2, 0) is 9.53 Å². The quantitative estimate of drug-likeness (QED) is 0.501. The fourth-order valence-electron chi connectivity index (χ4n) is 2.86. The fraction of sp³-hybridized carbons (Fsp3) is 0.500. The number of halogens is 3. The standard InChI is InChI=1S/C16H19F3N2O5S/c1-4-26-13(22)11-12(8-5-6-9(24-2)10(7-8)25-3)20-14(27)21-15(11,23)16(17,18)19/h5-7,11-12,23H,4H2,1-3H3,(H2,20,21,27)/t11-,12+,15-/m0/s1. The second kappa shape index (κ2) is 7.77. The average Bonchev–Trinajstić information content (AvgIpc) is 2.59. The van der Waals surface area contributed by atoms with E-state index in [1.54, 1.807) is 5.32 Å². The molecule has 27 heavy (non-hydrogen) atoms. The van der Waals surface area contributed by atoms with Crippen LogP contribution in [0.15, 0.2) is 18.2 Å². The molecule has 1 saturated heterocycles. The first kappa shape index (κ1) is 21.0. The zero-order chi connectivity index (χ0) is 20.4. The lowest BCUT2D eigenvalue weighted by Crippen LogP contribution is -2.73. The first-order chi connectivity index (χ1) is 12.6. The van der Waals surface area contributed by atoms with Crippen LogP contribution in [0.2, 0.25) is 0 Å². The Bertz CT molecular complexity index is 730. The van der Waals surface area contributed by atoms with Crippen LogP contribution in [0.3, 0.4) is 0 Å². The van der Waals surface area contributed by atoms with Crippen LogP contribution in [0.5, 0.6) is 11.5 Å². The lowest BCUT2D eigenvalue weighted by Gasteiger charge is -2.45. The normalized spacial score (nSPS) is 25.2. The summed E-state index contributed by atoms with van der Waals surface area (Å²) in [6.45, 7) is 1.29. The van der Waals surface area contributed by atoms with Crippen molar-refractivity contribution in [1.29, 1.82) is 0 Å². The predicted molar refractivity (Wildman–Crippen MR) is 92.3 cm³/mol. The largest absolute Gasteiger partial charge is 0.493 e. The van der Waals surface area contributed by atoms with E-state index in [9.17, 15) is 23.1 Å². The van der Waals surface area contributed by atoms with E-state index in [0.717, 1.165) is 0 Å². The van der Waals surface area contributed by atoms with Crippen LogP contribution in [-0.4, -0.2) is 48.9 Å². The molecule has 1 heterocycles. The average molecular weight is 408 g/mol. The predicted octanol–water partition coefficient (Wildman–Crippen LogP) is 1.65. The highest BCUT2D eigenvalue weighted by atomic mass is 32.1. The van der Waals surface area contributed by atoms with Gasteiger partial charge >= 0.3 is 12.1 Å². The van der Waals surface area contributed by atoms with E-state index in [1.165, 1.54) is 39.3 Å². The number of hydrogen-bond acceptors (Lipinski definition) is 6. The zero-order valence-corrected chi connectivity index (χ0v) is 15.5. The van der Waals surface area contributed by atoms with Crippen LogP contribution >= 0.6 is 12.2 Å². The van der Waals surface area contributed by atoms with Gasteiger partial charge in [0.05, 0.1) is 26.9 Å². The van der Waals surface area contributed by atoms with E-state index in [2.05, 4.69) is 5.32 Å². The number of aliphatic hydroxyl groups is 1. The molecule has 1 aromatic carbocycles. The summed E-state index contributed by atoms with van der Waals surface area (Å²) in [5, 5.41) is 14.3. The molecule has 0 amide bonds. The number of carbonyl (C=O) groups excluding carboxylic acids is 1. The van der Waals surface area contributed by atoms with Crippen LogP contribution in [0.1, 0.15) is 18.5 Å². The first-order valence-electron chi connectivity index (χ1n) is 7.85. The van der Waals surface area contributed by atoms with Gasteiger partial charge in [-0.1, -0.05) is 6.07 Å². The first-order valence-corrected chi connectivity index (χ1v) is 8.26. The lowest BCUT2D eigenvalue weighted by molar-refractivity contribution is -0.292. The summed E-state index contributed by atoms with van der Waals surface area (Å²) >= 11 is 4.82. The summed E-state index contributed by atoms with van der Waals surface area (Å²) in [6.07, 6.45) is -5.20. The Balaban J connectivity index is 2.60. The highest BCUT2D eigenvalue weighted by Crippen LogP contribution is 2.44. The molecule has 1 aliphatic rings. The minimum absolute atomic E-state index is 0.160. The Morgan fingerprint density at radius 1 is 1.30 bits per heavy atom. The summed E-state index contributed by atoms with van der Waals surface area (Å²) in [7, 11) is 2.76. The summed E-state index contributed by atoms with van der Waals surface area (Å²) in [5.74, 6) is -2.72. The van der Waals surface area contributed by atoms with Crippen molar-refractivity contribution < 1.29 is 37.3 Å². The molecule has 2 rings (SSSR count). The Hall–Kier alpha value is -2.27. The van der Waals surface area contributed by atoms with Crippen molar-refractivity contribution in [3.05, 3.63) is 23.8 Å². The molecule has 1 aliphatic heterocycles. The second-order valence-electron chi connectivity index (χ2n) is 5.68. The minimum Gasteiger partial charge on any atom is -0.493 e. The van der Waals surface area contributed by atoms with E-state index in [-0.39, 0.29) is 17.9 Å². The summed E-state index contributed by atoms with van der Waals surface area (Å²) in [5.41, 5.74) is -3.39. The number of ether oxygens (including phenoxy) is 3. The number of nitrogens with one attached hydrogen (secondary N) is 2. The molecule has 0 radical (unpaired) electrons. The molecule has 1 fully saturated rings. The fourth-order valence-corrected chi connectivity index (χ4v) is 3.14. The molecule has 0 spiro atoms. The van der Waals surface area contributed by atoms with Gasteiger partial charge in [0, 0.05) is 0 Å². The van der Waals surface area contributed by atoms with Gasteiger partial charge in [-0.15, -0.1) is 0 Å². The number of esters is 1. The molecule has 1 aromatic rings. The van der Waals surface area contributed by atoms with Gasteiger partial charge in [0.1, 0.15) is 5.92 Å². The number of methoxy groups -OCH3 is 2. The Morgan fingerprint density at radius 3 is 2.44 bits per heavy atom. The number of benzene rings is 1. The van der Waals surface area contributed by atoms with Gasteiger partial charge in [-0.25, -0.2) is 0 Å². The number of carbonyl (C=O) groups is 1. The van der Waals surface area contributed by atoms with E-state index < -0.39 is 34.9 Å². The Morgan fingerprint density at radius 2 is 1.93 bits per heavy atom. The third-order valence-corrected chi connectivity index (χ3v) is 4.33. The van der Waals surface area contributed by atoms with Crippen molar-refractivity contribution in [2.45, 2.75) is 24.9 Å². The van der Waals surface area contributed by atoms with Crippen molar-refractivity contribution in [3.8, 4) is 11.5 Å². The van der Waals surface area contributed by atoms with Crippen LogP contribution in [0.4, 0.5) is 13.2 Å². The van der Waals surface area contributed by atoms with Crippen LogP contribution in [0.25, 0.3) is 0 Å². The molecular weight excluding hydrogens is 389 g/mol. The van der Waals surface area contributed by atoms with Crippen LogP contribution < -0.4 is 20.1 Å². The highest BCUT2D eigenvalue weighted by Gasteiger charge is 2.66. The molecule has 7 nitrogen and oxygen atoms in total. The SMILES string of the molecule is CCOC(=O)[C@@H]1[C@@H](c2ccc(OC)c(OC)c2)NC(=S)N[C@@]1(O)C(F)(F)F. The van der Waals surface area contributed by atoms with Gasteiger partial charge in [0.2, 0.25) is 0 Å². The van der Waals surface area contributed by atoms with Crippen molar-refractivity contribution in [1.82, 2.24) is 10.6 Å². The molecule has 0 aliphatic carbocycles. The molecule has 150 valence electrons. The van der Waals surface area contributed by atoms with Gasteiger partial charge in [-0.3, -0.25) is 4.79 Å². The maximum atomic E-state index is 13.7. The summed E-state index contributed by atoms with van der Waals surface area (Å²) in [6, 6.07) is 2.98. The maximum Gasteiger partial charge on any atom is 0.437 e. The molecule has 11 heteroatoms. The van der Waals surface area contributed by atoms with Gasteiger partial charge in [-0.2, -0.15) is 13.2 Å². The van der Waals surface area contributed by atoms with Gasteiger partial charge in [0.15, 0.2) is 16.6 Å². The molecule has 0 saturated carbocycles. The third-order valence-electron chi connectivity index (χ3n) is 4.11. The monoisotopic (exact) mass is 408 g/mol. The van der Waals surface area contributed by atoms with Crippen molar-refractivity contribution in [2.24, 2.45) is 5.92 Å². The van der Waals surface area contributed by atoms with E-state index in [1.807, 2.05) is 0 Å². The third kappa shape index (κ3) is 3.88. The van der Waals surface area contributed by atoms with E-state index >= 15 is 0 Å². The molecule has 0 aromatic heterocycles. The molecule has 3 atom stereocenters. The Kier molecular flexibility index (Phi) is 6.05. The zero-order valence-electron chi connectivity index (χ0n) is 14.7. The summed E-state index contributed by atoms with van der Waals surface area (Å²) < 4.78 is 56.0. The number of thiocarbonyl (C=S) groups is 1. The van der Waals surface area contributed by atoms with Gasteiger partial charge < -0.3 is 30.0 Å². The van der Waals surface area contributed by atoms with Gasteiger partial charge in [0.25, 0.3) is 5.72 Å². The summed E-state index contributed by atoms with van der Waals surface area (Å²) in [4.78, 5) is 12.4. The van der Waals surface area contributed by atoms with Crippen molar-refractivity contribution >= 4 is 23.3 Å². The molecule has 0 bridgehead atoms. The molecular formula is C16H19F3N2O5S. The smallest absolute Gasteiger partial charge is 0.437 e. The number of rotatable bonds is 5. The van der Waals surface area contributed by atoms with Gasteiger partial charge in [-0.05, 0) is 36.8 Å². The lowest BCUT2D eigenvalue weighted by atomic mass is 9.82. The van der Waals surface area contributed by atoms with E-state index in [4.69, 9.17) is 26.4 Å². The number of alkyl halides is 3. The minimum atomic E-state index is -5.20. The second-order valence-corrected chi connectivity index (χ2v) is 6.09.